The number of rotatable bonds is 5. The Hall–Kier alpha value is -1.72. The zero-order valence-corrected chi connectivity index (χ0v) is 12.4. The van der Waals surface area contributed by atoms with Crippen LogP contribution in [0.25, 0.3) is 0 Å². The van der Waals surface area contributed by atoms with Gasteiger partial charge in [0.15, 0.2) is 0 Å². The highest BCUT2D eigenvalue weighted by atomic mass is 35.5. The Balaban J connectivity index is 2.39. The number of hydrogen-bond acceptors (Lipinski definition) is 4. The minimum absolute atomic E-state index is 0.155. The molecule has 5 nitrogen and oxygen atoms in total. The summed E-state index contributed by atoms with van der Waals surface area (Å²) in [4.78, 5) is 16.9. The lowest BCUT2D eigenvalue weighted by atomic mass is 10.1. The number of methoxy groups -OCH3 is 1. The van der Waals surface area contributed by atoms with Crippen molar-refractivity contribution in [2.24, 2.45) is 0 Å². The lowest BCUT2D eigenvalue weighted by molar-refractivity contribution is 0.102. The second-order valence-corrected chi connectivity index (χ2v) is 4.93. The maximum atomic E-state index is 12.6. The van der Waals surface area contributed by atoms with E-state index in [1.807, 2.05) is 13.8 Å². The second kappa shape index (κ2) is 6.15. The molecule has 6 heteroatoms. The summed E-state index contributed by atoms with van der Waals surface area (Å²) in [6.07, 6.45) is 1.48. The summed E-state index contributed by atoms with van der Waals surface area (Å²) in [5, 5.41) is 4.46. The number of hydrogen-bond donors (Lipinski definition) is 0. The molecular formula is C14H16ClN3O2. The van der Waals surface area contributed by atoms with Gasteiger partial charge in [0.2, 0.25) is 5.78 Å². The van der Waals surface area contributed by atoms with Crippen molar-refractivity contribution >= 4 is 17.4 Å². The molecule has 0 aliphatic heterocycles. The molecule has 20 heavy (non-hydrogen) atoms. The minimum Gasteiger partial charge on any atom is -0.383 e. The Kier molecular flexibility index (Phi) is 4.52. The van der Waals surface area contributed by atoms with E-state index in [0.717, 1.165) is 11.4 Å². The van der Waals surface area contributed by atoms with Crippen molar-refractivity contribution in [3.05, 3.63) is 46.0 Å². The van der Waals surface area contributed by atoms with Gasteiger partial charge in [-0.2, -0.15) is 5.10 Å². The molecule has 0 N–H and O–H groups in total. The largest absolute Gasteiger partial charge is 0.383 e. The smallest absolute Gasteiger partial charge is 0.212 e. The van der Waals surface area contributed by atoms with E-state index in [9.17, 15) is 4.79 Å². The Morgan fingerprint density at radius 1 is 1.35 bits per heavy atom. The summed E-state index contributed by atoms with van der Waals surface area (Å²) in [6.45, 7) is 4.65. The van der Waals surface area contributed by atoms with E-state index in [4.69, 9.17) is 16.3 Å². The number of ether oxygens (including phenoxy) is 1. The van der Waals surface area contributed by atoms with Gasteiger partial charge in [0.05, 0.1) is 24.4 Å². The van der Waals surface area contributed by atoms with Crippen LogP contribution >= 0.6 is 11.6 Å². The van der Waals surface area contributed by atoms with E-state index in [2.05, 4.69) is 10.1 Å². The molecule has 0 bridgehead atoms. The first-order chi connectivity index (χ1) is 9.52. The van der Waals surface area contributed by atoms with Gasteiger partial charge in [0, 0.05) is 24.1 Å². The number of nitrogens with zero attached hydrogens (tertiary/aromatic N) is 3. The van der Waals surface area contributed by atoms with Crippen LogP contribution in [-0.4, -0.2) is 34.3 Å². The van der Waals surface area contributed by atoms with Crippen LogP contribution in [0.1, 0.15) is 27.4 Å². The summed E-state index contributed by atoms with van der Waals surface area (Å²) in [5.74, 6) is -0.155. The van der Waals surface area contributed by atoms with Crippen molar-refractivity contribution in [1.82, 2.24) is 14.8 Å². The van der Waals surface area contributed by atoms with E-state index in [0.29, 0.717) is 29.4 Å². The maximum absolute atomic E-state index is 12.6. The van der Waals surface area contributed by atoms with Crippen LogP contribution < -0.4 is 0 Å². The fraction of sp³-hybridized carbons (Fsp3) is 0.357. The molecule has 2 rings (SSSR count). The molecular weight excluding hydrogens is 278 g/mol. The van der Waals surface area contributed by atoms with Gasteiger partial charge in [0.1, 0.15) is 5.69 Å². The first-order valence-electron chi connectivity index (χ1n) is 6.23. The number of pyridine rings is 1. The van der Waals surface area contributed by atoms with Gasteiger partial charge in [-0.15, -0.1) is 0 Å². The third-order valence-corrected chi connectivity index (χ3v) is 3.14. The molecule has 0 spiro atoms. The van der Waals surface area contributed by atoms with Crippen LogP contribution in [0.15, 0.2) is 18.3 Å². The Labute approximate surface area is 122 Å². The molecule has 0 aliphatic carbocycles. The van der Waals surface area contributed by atoms with E-state index in [1.54, 1.807) is 23.9 Å². The summed E-state index contributed by atoms with van der Waals surface area (Å²) in [6, 6.07) is 3.50. The number of carbonyl (C=O) groups is 1. The predicted octanol–water partition coefficient (Wildman–Crippen LogP) is 2.43. The standard InChI is InChI=1S/C14H16ClN3O2/c1-9-6-11(7-10(2)17-9)14(19)13-12(15)8-16-18(13)4-5-20-3/h6-8H,4-5H2,1-3H3. The van der Waals surface area contributed by atoms with Crippen LogP contribution in [0.2, 0.25) is 5.02 Å². The molecule has 0 amide bonds. The normalized spacial score (nSPS) is 10.8. The first-order valence-corrected chi connectivity index (χ1v) is 6.61. The molecule has 2 aromatic rings. The Morgan fingerprint density at radius 2 is 2.00 bits per heavy atom. The Bertz CT molecular complexity index is 617. The predicted molar refractivity (Wildman–Crippen MR) is 76.3 cm³/mol. The molecule has 0 atom stereocenters. The summed E-state index contributed by atoms with van der Waals surface area (Å²) < 4.78 is 6.58. The molecule has 0 fully saturated rings. The van der Waals surface area contributed by atoms with Gasteiger partial charge in [-0.05, 0) is 26.0 Å². The van der Waals surface area contributed by atoms with Crippen molar-refractivity contribution in [2.75, 3.05) is 13.7 Å². The van der Waals surface area contributed by atoms with E-state index >= 15 is 0 Å². The summed E-state index contributed by atoms with van der Waals surface area (Å²) in [5.41, 5.74) is 2.55. The molecule has 106 valence electrons. The fourth-order valence-corrected chi connectivity index (χ4v) is 2.26. The van der Waals surface area contributed by atoms with Gasteiger partial charge < -0.3 is 4.74 Å². The number of carbonyl (C=O) groups excluding carboxylic acids is 1. The maximum Gasteiger partial charge on any atom is 0.212 e. The summed E-state index contributed by atoms with van der Waals surface area (Å²) >= 11 is 6.09. The minimum atomic E-state index is -0.155. The van der Waals surface area contributed by atoms with Crippen LogP contribution in [0.5, 0.6) is 0 Å². The Morgan fingerprint density at radius 3 is 2.60 bits per heavy atom. The number of halogens is 1. The van der Waals surface area contributed by atoms with Gasteiger partial charge >= 0.3 is 0 Å². The van der Waals surface area contributed by atoms with E-state index in [1.165, 1.54) is 6.20 Å². The van der Waals surface area contributed by atoms with Gasteiger partial charge in [-0.1, -0.05) is 11.6 Å². The zero-order chi connectivity index (χ0) is 14.7. The number of ketones is 1. The zero-order valence-electron chi connectivity index (χ0n) is 11.7. The number of aryl methyl sites for hydroxylation is 2. The molecule has 0 saturated carbocycles. The topological polar surface area (TPSA) is 57.0 Å². The van der Waals surface area contributed by atoms with Crippen molar-refractivity contribution in [3.63, 3.8) is 0 Å². The van der Waals surface area contributed by atoms with Crippen LogP contribution in [0.4, 0.5) is 0 Å². The molecule has 0 radical (unpaired) electrons. The lowest BCUT2D eigenvalue weighted by Crippen LogP contribution is -2.15. The highest BCUT2D eigenvalue weighted by Crippen LogP contribution is 2.20. The molecule has 0 aromatic carbocycles. The van der Waals surface area contributed by atoms with E-state index < -0.39 is 0 Å². The SMILES string of the molecule is COCCn1ncc(Cl)c1C(=O)c1cc(C)nc(C)c1. The second-order valence-electron chi connectivity index (χ2n) is 4.52. The molecule has 0 saturated heterocycles. The van der Waals surface area contributed by atoms with Gasteiger partial charge in [0.25, 0.3) is 0 Å². The highest BCUT2D eigenvalue weighted by molar-refractivity contribution is 6.34. The highest BCUT2D eigenvalue weighted by Gasteiger charge is 2.19. The van der Waals surface area contributed by atoms with Crippen LogP contribution in [0.3, 0.4) is 0 Å². The first kappa shape index (κ1) is 14.7. The monoisotopic (exact) mass is 293 g/mol. The average Bonchev–Trinajstić information content (AvgIpc) is 2.75. The van der Waals surface area contributed by atoms with Crippen LogP contribution in [-0.2, 0) is 11.3 Å². The van der Waals surface area contributed by atoms with Crippen molar-refractivity contribution in [2.45, 2.75) is 20.4 Å². The van der Waals surface area contributed by atoms with Gasteiger partial charge in [-0.25, -0.2) is 0 Å². The molecule has 2 heterocycles. The van der Waals surface area contributed by atoms with Crippen molar-refractivity contribution < 1.29 is 9.53 Å². The quantitative estimate of drug-likeness (QED) is 0.795. The third-order valence-electron chi connectivity index (χ3n) is 2.86. The fourth-order valence-electron chi connectivity index (χ4n) is 2.04. The summed E-state index contributed by atoms with van der Waals surface area (Å²) in [7, 11) is 1.60. The molecule has 0 aliphatic rings. The van der Waals surface area contributed by atoms with Crippen molar-refractivity contribution in [1.29, 1.82) is 0 Å². The molecule has 2 aromatic heterocycles. The molecule has 0 unspecified atom stereocenters. The third kappa shape index (κ3) is 3.05. The average molecular weight is 294 g/mol. The lowest BCUT2D eigenvalue weighted by Gasteiger charge is -2.08. The van der Waals surface area contributed by atoms with E-state index in [-0.39, 0.29) is 5.78 Å². The number of aromatic nitrogens is 3. The van der Waals surface area contributed by atoms with Gasteiger partial charge in [-0.3, -0.25) is 14.5 Å². The van der Waals surface area contributed by atoms with Crippen LogP contribution in [0, 0.1) is 13.8 Å². The van der Waals surface area contributed by atoms with Crippen molar-refractivity contribution in [3.8, 4) is 0 Å².